The molecule has 0 amide bonds. The average molecular weight is 452 g/mol. The van der Waals surface area contributed by atoms with Crippen molar-refractivity contribution in [2.45, 2.75) is 5.85 Å². The first-order valence-electron chi connectivity index (χ1n) is 11.3. The summed E-state index contributed by atoms with van der Waals surface area (Å²) in [4.78, 5) is 0. The van der Waals surface area contributed by atoms with Gasteiger partial charge in [-0.05, 0) is 22.7 Å². The second-order valence-corrected chi connectivity index (χ2v) is 10.5. The number of ether oxygens (including phenoxy) is 2. The lowest BCUT2D eigenvalue weighted by Crippen LogP contribution is -2.35. The molecule has 4 aromatic rings. The van der Waals surface area contributed by atoms with Crippen LogP contribution in [0.25, 0.3) is 11.1 Å². The Balaban J connectivity index is 1.43. The number of benzene rings is 4. The first kappa shape index (κ1) is 20.1. The number of fused-ring (bicyclic) bond motifs is 2. The smallest absolute Gasteiger partial charge is 0.151 e. The lowest BCUT2D eigenvalue weighted by molar-refractivity contribution is 0.287. The predicted octanol–water partition coefficient (Wildman–Crippen LogP) is 5.42. The number of para-hydroxylation sites is 2. The fourth-order valence-electron chi connectivity index (χ4n) is 4.58. The predicted molar refractivity (Wildman–Crippen MR) is 138 cm³/mol. The largest absolute Gasteiger partial charge is 0.489 e. The van der Waals surface area contributed by atoms with Crippen LogP contribution >= 0.6 is 7.92 Å². The van der Waals surface area contributed by atoms with E-state index in [1.165, 1.54) is 10.6 Å². The molecule has 164 valence electrons. The molecule has 2 heterocycles. The van der Waals surface area contributed by atoms with Crippen molar-refractivity contribution >= 4 is 29.9 Å². The number of hydrogen-bond donors (Lipinski definition) is 2. The van der Waals surface area contributed by atoms with Crippen molar-refractivity contribution in [3.63, 3.8) is 0 Å². The van der Waals surface area contributed by atoms with Crippen molar-refractivity contribution < 1.29 is 9.47 Å². The third kappa shape index (κ3) is 3.81. The van der Waals surface area contributed by atoms with Crippen LogP contribution in [0.2, 0.25) is 0 Å². The molecule has 0 fully saturated rings. The van der Waals surface area contributed by atoms with Crippen molar-refractivity contribution in [2.75, 3.05) is 30.3 Å². The third-order valence-corrected chi connectivity index (χ3v) is 8.63. The van der Waals surface area contributed by atoms with Gasteiger partial charge in [0.25, 0.3) is 0 Å². The summed E-state index contributed by atoms with van der Waals surface area (Å²) >= 11 is 0. The summed E-state index contributed by atoms with van der Waals surface area (Å²) in [5.41, 5.74) is 4.18. The molecule has 4 aromatic carbocycles. The van der Waals surface area contributed by atoms with Crippen molar-refractivity contribution in [1.29, 1.82) is 0 Å². The summed E-state index contributed by atoms with van der Waals surface area (Å²) in [6.07, 6.45) is 0. The van der Waals surface area contributed by atoms with Crippen LogP contribution < -0.4 is 30.7 Å². The van der Waals surface area contributed by atoms with Crippen molar-refractivity contribution in [1.82, 2.24) is 0 Å². The fourth-order valence-corrected chi connectivity index (χ4v) is 7.01. The summed E-state index contributed by atoms with van der Waals surface area (Å²) < 4.78 is 12.9. The maximum atomic E-state index is 6.87. The molecule has 0 spiro atoms. The van der Waals surface area contributed by atoms with Gasteiger partial charge in [0.15, 0.2) is 5.75 Å². The van der Waals surface area contributed by atoms with E-state index in [0.717, 1.165) is 47.1 Å². The van der Waals surface area contributed by atoms with Crippen LogP contribution in [0.5, 0.6) is 11.5 Å². The Bertz CT molecular complexity index is 1220. The minimum Gasteiger partial charge on any atom is -0.489 e. The second kappa shape index (κ2) is 8.80. The second-order valence-electron chi connectivity index (χ2n) is 8.13. The van der Waals surface area contributed by atoms with Crippen LogP contribution in [0.3, 0.4) is 0 Å². The molecule has 2 aliphatic rings. The minimum absolute atomic E-state index is 0.0111. The molecule has 0 aliphatic carbocycles. The lowest BCUT2D eigenvalue weighted by Gasteiger charge is -2.35. The zero-order valence-electron chi connectivity index (χ0n) is 18.2. The highest BCUT2D eigenvalue weighted by molar-refractivity contribution is 7.73. The third-order valence-electron chi connectivity index (χ3n) is 6.06. The molecule has 4 nitrogen and oxygen atoms in total. The fraction of sp³-hybridized carbons (Fsp3) is 0.143. The molecule has 1 atom stereocenters. The Kier molecular flexibility index (Phi) is 5.37. The van der Waals surface area contributed by atoms with E-state index in [0.29, 0.717) is 6.61 Å². The van der Waals surface area contributed by atoms with Gasteiger partial charge in [-0.25, -0.2) is 0 Å². The Morgan fingerprint density at radius 1 is 0.636 bits per heavy atom. The molecule has 0 saturated carbocycles. The standard InChI is InChI=1S/C28H25N2O2P/c1-3-9-20(10-4-1)33(21-11-5-2-6-12-21)26-19-30-25-16-8-14-23(28(25)32-26)22-13-7-15-24-27(22)31-18-17-29-24/h1-16,26,29-30H,17-19H2. The van der Waals surface area contributed by atoms with Crippen molar-refractivity contribution in [2.24, 2.45) is 0 Å². The van der Waals surface area contributed by atoms with Gasteiger partial charge in [0.05, 0.1) is 17.9 Å². The average Bonchev–Trinajstić information content (AvgIpc) is 2.89. The van der Waals surface area contributed by atoms with E-state index in [1.807, 2.05) is 0 Å². The maximum absolute atomic E-state index is 6.87. The molecular formula is C28H25N2O2P. The summed E-state index contributed by atoms with van der Waals surface area (Å²) in [6, 6.07) is 34.0. The molecule has 0 aromatic heterocycles. The Hall–Kier alpha value is -3.49. The molecule has 0 saturated heterocycles. The Morgan fingerprint density at radius 2 is 1.24 bits per heavy atom. The molecule has 2 N–H and O–H groups in total. The first-order chi connectivity index (χ1) is 16.4. The van der Waals surface area contributed by atoms with Gasteiger partial charge in [-0.3, -0.25) is 0 Å². The molecule has 1 unspecified atom stereocenters. The zero-order valence-corrected chi connectivity index (χ0v) is 19.1. The van der Waals surface area contributed by atoms with Crippen LogP contribution in [0, 0.1) is 0 Å². The van der Waals surface area contributed by atoms with Crippen LogP contribution in [0.15, 0.2) is 97.1 Å². The topological polar surface area (TPSA) is 42.5 Å². The van der Waals surface area contributed by atoms with E-state index in [-0.39, 0.29) is 5.85 Å². The highest BCUT2D eigenvalue weighted by atomic mass is 31.1. The molecule has 6 rings (SSSR count). The summed E-state index contributed by atoms with van der Waals surface area (Å²) in [6.45, 7) is 2.24. The Labute approximate surface area is 195 Å². The molecule has 33 heavy (non-hydrogen) atoms. The van der Waals surface area contributed by atoms with E-state index < -0.39 is 7.92 Å². The van der Waals surface area contributed by atoms with Gasteiger partial charge in [-0.1, -0.05) is 84.9 Å². The summed E-state index contributed by atoms with van der Waals surface area (Å²) in [7, 11) is -0.713. The Morgan fingerprint density at radius 3 is 1.91 bits per heavy atom. The summed E-state index contributed by atoms with van der Waals surface area (Å²) in [5.74, 6) is 1.81. The maximum Gasteiger partial charge on any atom is 0.151 e. The molecule has 2 aliphatic heterocycles. The molecule has 0 radical (unpaired) electrons. The molecular weight excluding hydrogens is 427 g/mol. The zero-order chi connectivity index (χ0) is 22.0. The van der Waals surface area contributed by atoms with Gasteiger partial charge >= 0.3 is 0 Å². The number of anilines is 2. The van der Waals surface area contributed by atoms with Gasteiger partial charge in [0.2, 0.25) is 0 Å². The van der Waals surface area contributed by atoms with Gasteiger partial charge in [-0.2, -0.15) is 0 Å². The highest BCUT2D eigenvalue weighted by Gasteiger charge is 2.32. The van der Waals surface area contributed by atoms with Crippen molar-refractivity contribution in [3.05, 3.63) is 97.1 Å². The van der Waals surface area contributed by atoms with Gasteiger partial charge in [0, 0.05) is 25.6 Å². The normalized spacial score (nSPS) is 16.5. The van der Waals surface area contributed by atoms with E-state index in [9.17, 15) is 0 Å². The monoisotopic (exact) mass is 452 g/mol. The minimum atomic E-state index is -0.713. The number of rotatable bonds is 4. The van der Waals surface area contributed by atoms with E-state index >= 15 is 0 Å². The number of hydrogen-bond acceptors (Lipinski definition) is 4. The van der Waals surface area contributed by atoms with E-state index in [1.54, 1.807) is 0 Å². The van der Waals surface area contributed by atoms with Crippen molar-refractivity contribution in [3.8, 4) is 22.6 Å². The quantitative estimate of drug-likeness (QED) is 0.406. The first-order valence-corrected chi connectivity index (χ1v) is 12.7. The van der Waals surface area contributed by atoms with Gasteiger partial charge < -0.3 is 20.1 Å². The number of nitrogens with one attached hydrogen (secondary N) is 2. The van der Waals surface area contributed by atoms with Gasteiger partial charge in [-0.15, -0.1) is 0 Å². The SMILES string of the molecule is c1ccc(P(c2ccccc2)C2CNc3cccc(-c4cccc5c4OCCN5)c3O2)cc1. The lowest BCUT2D eigenvalue weighted by atomic mass is 10.0. The van der Waals surface area contributed by atoms with Crippen LogP contribution in [-0.4, -0.2) is 25.5 Å². The van der Waals surface area contributed by atoms with E-state index in [2.05, 4.69) is 108 Å². The van der Waals surface area contributed by atoms with Crippen LogP contribution in [-0.2, 0) is 0 Å². The van der Waals surface area contributed by atoms with Gasteiger partial charge in [0.1, 0.15) is 18.2 Å². The molecule has 5 heteroatoms. The summed E-state index contributed by atoms with van der Waals surface area (Å²) in [5, 5.41) is 9.73. The highest BCUT2D eigenvalue weighted by Crippen LogP contribution is 2.49. The van der Waals surface area contributed by atoms with Crippen LogP contribution in [0.1, 0.15) is 0 Å². The molecule has 0 bridgehead atoms. The van der Waals surface area contributed by atoms with E-state index in [4.69, 9.17) is 9.47 Å². The van der Waals surface area contributed by atoms with Crippen LogP contribution in [0.4, 0.5) is 11.4 Å².